The molecule has 7 aliphatic rings. The first-order valence-electron chi connectivity index (χ1n) is 21.3. The largest absolute Gasteiger partial charge is 0.305 e. The van der Waals surface area contributed by atoms with Crippen LogP contribution in [0.15, 0.2) is 67.0 Å². The van der Waals surface area contributed by atoms with Crippen LogP contribution in [0.25, 0.3) is 60.3 Å². The molecule has 0 N–H and O–H groups in total. The number of benzene rings is 3. The molecular weight excluding hydrogens is 643 g/mol. The van der Waals surface area contributed by atoms with Crippen molar-refractivity contribution in [2.45, 2.75) is 126 Å². The lowest BCUT2D eigenvalue weighted by molar-refractivity contribution is 0.165. The quantitative estimate of drug-likeness (QED) is 0.172. The average Bonchev–Trinajstić information content (AvgIpc) is 3.89. The van der Waals surface area contributed by atoms with E-state index < -0.39 is 0 Å². The highest BCUT2D eigenvalue weighted by atomic mass is 14.9. The van der Waals surface area contributed by atoms with Crippen LogP contribution in [0.5, 0.6) is 0 Å². The Morgan fingerprint density at radius 1 is 0.660 bits per heavy atom. The molecule has 2 unspecified atom stereocenters. The molecule has 0 amide bonds. The van der Waals surface area contributed by atoms with E-state index in [2.05, 4.69) is 85.2 Å². The Kier molecular flexibility index (Phi) is 5.85. The lowest BCUT2D eigenvalue weighted by atomic mass is 9.67. The van der Waals surface area contributed by atoms with Gasteiger partial charge in [-0.15, -0.1) is 0 Å². The molecule has 3 fully saturated rings. The van der Waals surface area contributed by atoms with E-state index in [0.29, 0.717) is 11.8 Å². The Bertz CT molecular complexity index is 2690. The molecule has 3 nitrogen and oxygen atoms in total. The zero-order valence-electron chi connectivity index (χ0n) is 31.4. The van der Waals surface area contributed by atoms with E-state index >= 15 is 0 Å². The Labute approximate surface area is 312 Å². The molecule has 1 spiro atoms. The molecule has 3 saturated carbocycles. The van der Waals surface area contributed by atoms with Crippen molar-refractivity contribution in [3.8, 4) is 22.3 Å². The summed E-state index contributed by atoms with van der Waals surface area (Å²) in [6.07, 6.45) is 23.2. The molecule has 0 radical (unpaired) electrons. The summed E-state index contributed by atoms with van der Waals surface area (Å²) in [5, 5.41) is 5.92. The van der Waals surface area contributed by atoms with Gasteiger partial charge in [0.25, 0.3) is 0 Å². The van der Waals surface area contributed by atoms with Gasteiger partial charge in [0.15, 0.2) is 0 Å². The number of fused-ring (bicyclic) bond motifs is 12. The minimum Gasteiger partial charge on any atom is -0.305 e. The fourth-order valence-corrected chi connectivity index (χ4v) is 14.1. The number of hydrogen-bond acceptors (Lipinski definition) is 2. The highest BCUT2D eigenvalue weighted by Crippen LogP contribution is 2.59. The summed E-state index contributed by atoms with van der Waals surface area (Å²) >= 11 is 0. The van der Waals surface area contributed by atoms with Gasteiger partial charge < -0.3 is 4.40 Å². The zero-order chi connectivity index (χ0) is 34.8. The van der Waals surface area contributed by atoms with Crippen LogP contribution in [0.3, 0.4) is 0 Å². The van der Waals surface area contributed by atoms with Crippen LogP contribution in [0.1, 0.15) is 143 Å². The molecule has 4 bridgehead atoms. The minimum atomic E-state index is -0.0239. The monoisotopic (exact) mass is 691 g/mol. The van der Waals surface area contributed by atoms with Gasteiger partial charge in [0.2, 0.25) is 0 Å². The van der Waals surface area contributed by atoms with Crippen molar-refractivity contribution in [1.29, 1.82) is 0 Å². The zero-order valence-corrected chi connectivity index (χ0v) is 31.4. The first kappa shape index (κ1) is 30.1. The molecule has 0 aliphatic heterocycles. The fraction of sp³-hybridized carbons (Fsp3) is 0.440. The molecule has 0 saturated heterocycles. The maximum absolute atomic E-state index is 5.58. The molecule has 3 heteroatoms. The normalized spacial score (nSPS) is 26.3. The van der Waals surface area contributed by atoms with Crippen molar-refractivity contribution < 1.29 is 0 Å². The average molecular weight is 692 g/mol. The Balaban J connectivity index is 1.18. The van der Waals surface area contributed by atoms with E-state index in [1.54, 1.807) is 11.1 Å². The number of aromatic nitrogens is 3. The minimum absolute atomic E-state index is 0.0239. The summed E-state index contributed by atoms with van der Waals surface area (Å²) in [5.74, 6) is 3.00. The van der Waals surface area contributed by atoms with E-state index in [-0.39, 0.29) is 10.8 Å². The van der Waals surface area contributed by atoms with Gasteiger partial charge >= 0.3 is 0 Å². The van der Waals surface area contributed by atoms with Crippen molar-refractivity contribution in [1.82, 2.24) is 14.4 Å². The smallest absolute Gasteiger partial charge is 0.0728 e. The fourth-order valence-electron chi connectivity index (χ4n) is 14.1. The van der Waals surface area contributed by atoms with Crippen LogP contribution in [-0.4, -0.2) is 14.4 Å². The van der Waals surface area contributed by atoms with E-state index in [4.69, 9.17) is 9.97 Å². The highest BCUT2D eigenvalue weighted by Gasteiger charge is 2.45. The Hall–Kier alpha value is -4.24. The molecule has 4 heterocycles. The number of rotatable bonds is 1. The van der Waals surface area contributed by atoms with Crippen LogP contribution in [0.4, 0.5) is 0 Å². The van der Waals surface area contributed by atoms with Gasteiger partial charge in [-0.1, -0.05) is 82.0 Å². The molecule has 2 atom stereocenters. The predicted octanol–water partition coefficient (Wildman–Crippen LogP) is 12.9. The number of hydrogen-bond donors (Lipinski definition) is 0. The van der Waals surface area contributed by atoms with E-state index in [9.17, 15) is 0 Å². The molecule has 264 valence electrons. The van der Waals surface area contributed by atoms with Gasteiger partial charge in [-0.2, -0.15) is 0 Å². The molecule has 7 aromatic rings. The van der Waals surface area contributed by atoms with Crippen molar-refractivity contribution >= 4 is 38.1 Å². The summed E-state index contributed by atoms with van der Waals surface area (Å²) in [4.78, 5) is 11.1. The first-order valence-corrected chi connectivity index (χ1v) is 21.3. The van der Waals surface area contributed by atoms with Crippen molar-refractivity contribution in [3.05, 3.63) is 101 Å². The van der Waals surface area contributed by atoms with Crippen LogP contribution >= 0.6 is 0 Å². The topological polar surface area (TPSA) is 30.2 Å². The van der Waals surface area contributed by atoms with E-state index in [1.165, 1.54) is 166 Å². The van der Waals surface area contributed by atoms with Crippen LogP contribution in [0, 0.1) is 11.8 Å². The second-order valence-electron chi connectivity index (χ2n) is 19.2. The van der Waals surface area contributed by atoms with Crippen LogP contribution in [-0.2, 0) is 17.3 Å². The van der Waals surface area contributed by atoms with E-state index in [1.807, 2.05) is 0 Å². The molecule has 14 rings (SSSR count). The van der Waals surface area contributed by atoms with Gasteiger partial charge in [0.1, 0.15) is 0 Å². The Morgan fingerprint density at radius 2 is 1.34 bits per heavy atom. The van der Waals surface area contributed by atoms with Gasteiger partial charge in [-0.25, -0.2) is 0 Å². The lowest BCUT2D eigenvalue weighted by Gasteiger charge is -2.38. The second-order valence-corrected chi connectivity index (χ2v) is 19.2. The summed E-state index contributed by atoms with van der Waals surface area (Å²) in [5.41, 5.74) is 18.9. The highest BCUT2D eigenvalue weighted by molar-refractivity contribution is 6.26. The van der Waals surface area contributed by atoms with Gasteiger partial charge in [-0.05, 0) is 139 Å². The second kappa shape index (κ2) is 10.3. The van der Waals surface area contributed by atoms with Crippen LogP contribution < -0.4 is 0 Å². The molecule has 7 aliphatic carbocycles. The number of nitrogens with zero attached hydrogens (tertiary/aromatic N) is 3. The number of pyridine rings is 2. The maximum Gasteiger partial charge on any atom is 0.0728 e. The third-order valence-electron chi connectivity index (χ3n) is 16.1. The summed E-state index contributed by atoms with van der Waals surface area (Å²) in [6.45, 7) is 4.84. The van der Waals surface area contributed by atoms with Crippen LogP contribution in [0.2, 0.25) is 0 Å². The van der Waals surface area contributed by atoms with Crippen molar-refractivity contribution in [2.24, 2.45) is 11.8 Å². The SMILES string of the molecule is CC1(C)c2ccccc2-c2c(-c3cc4c5c6c(ncc5n5c7cnc8c(c7c(c3)c45)C3CC4CC(CC8C4)C3)C3(CCCCC6)CCCC3)cccc21. The van der Waals surface area contributed by atoms with Crippen molar-refractivity contribution in [2.75, 3.05) is 0 Å². The van der Waals surface area contributed by atoms with Gasteiger partial charge in [-0.3, -0.25) is 9.97 Å². The van der Waals surface area contributed by atoms with E-state index in [0.717, 1.165) is 18.3 Å². The molecule has 53 heavy (non-hydrogen) atoms. The maximum atomic E-state index is 5.58. The third kappa shape index (κ3) is 3.78. The summed E-state index contributed by atoms with van der Waals surface area (Å²) < 4.78 is 2.64. The predicted molar refractivity (Wildman–Crippen MR) is 218 cm³/mol. The molecule has 3 aromatic carbocycles. The Morgan fingerprint density at radius 3 is 2.17 bits per heavy atom. The summed E-state index contributed by atoms with van der Waals surface area (Å²) in [6, 6.07) is 21.6. The standard InChI is InChI=1S/C50H49N3/c1-49(2)38-14-6-5-11-34(38)43-33(13-10-15-39(43)49)30-24-36-44-35-12-4-3-7-16-50(17-8-9-18-50)48(35)52-27-40(44)53-41-26-51-46-32-22-28-19-29(23-32)21-31(20-28)42(46)45(41)37(25-30)47(36)53/h5-6,10-11,13-15,24-29,31-32H,3-4,7-9,12,16-23H2,1-2H3. The van der Waals surface area contributed by atoms with Gasteiger partial charge in [0, 0.05) is 44.0 Å². The molecule has 4 aromatic heterocycles. The first-order chi connectivity index (χ1) is 26.0. The molecular formula is C50H49N3. The lowest BCUT2D eigenvalue weighted by Crippen LogP contribution is -2.26. The summed E-state index contributed by atoms with van der Waals surface area (Å²) in [7, 11) is 0. The number of aryl methyl sites for hydroxylation is 1. The van der Waals surface area contributed by atoms with Crippen molar-refractivity contribution in [3.63, 3.8) is 0 Å². The third-order valence-corrected chi connectivity index (χ3v) is 16.1. The van der Waals surface area contributed by atoms with Gasteiger partial charge in [0.05, 0.1) is 34.6 Å².